The smallest absolute Gasteiger partial charge is 0.227 e. The van der Waals surface area contributed by atoms with E-state index in [2.05, 4.69) is 114 Å². The first-order valence-electron chi connectivity index (χ1n) is 15.3. The highest BCUT2D eigenvalue weighted by Gasteiger charge is 2.20. The fourth-order valence-electron chi connectivity index (χ4n) is 6.80. The van der Waals surface area contributed by atoms with Crippen molar-refractivity contribution in [2.75, 3.05) is 4.90 Å². The van der Waals surface area contributed by atoms with Crippen molar-refractivity contribution >= 4 is 92.4 Å². The molecule has 3 aromatic heterocycles. The van der Waals surface area contributed by atoms with Gasteiger partial charge in [-0.25, -0.2) is 4.98 Å². The molecule has 4 nitrogen and oxygen atoms in total. The van der Waals surface area contributed by atoms with Gasteiger partial charge in [-0.3, -0.25) is 0 Å². The lowest BCUT2D eigenvalue weighted by Gasteiger charge is -2.27. The number of para-hydroxylation sites is 3. The number of thiophene rings is 1. The lowest BCUT2D eigenvalue weighted by atomic mass is 10.0. The minimum absolute atomic E-state index is 0.645. The molecule has 216 valence electrons. The number of anilines is 3. The van der Waals surface area contributed by atoms with Crippen LogP contribution in [-0.2, 0) is 0 Å². The summed E-state index contributed by atoms with van der Waals surface area (Å²) in [6, 6.07) is 50.9. The zero-order chi connectivity index (χ0) is 30.2. The lowest BCUT2D eigenvalue weighted by Crippen LogP contribution is -2.10. The first-order valence-corrected chi connectivity index (χ1v) is 16.1. The second-order valence-electron chi connectivity index (χ2n) is 11.6. The van der Waals surface area contributed by atoms with Gasteiger partial charge in [-0.2, -0.15) is 0 Å². The van der Waals surface area contributed by atoms with E-state index in [1.54, 1.807) is 11.3 Å². The highest BCUT2D eigenvalue weighted by Crippen LogP contribution is 2.45. The number of aromatic nitrogens is 1. The molecule has 0 fully saturated rings. The van der Waals surface area contributed by atoms with Crippen LogP contribution in [0.25, 0.3) is 75.4 Å². The van der Waals surface area contributed by atoms with Gasteiger partial charge in [-0.1, -0.05) is 78.9 Å². The van der Waals surface area contributed by atoms with Crippen molar-refractivity contribution < 1.29 is 8.83 Å². The second kappa shape index (κ2) is 9.80. The maximum Gasteiger partial charge on any atom is 0.227 e. The van der Waals surface area contributed by atoms with Crippen LogP contribution < -0.4 is 4.90 Å². The molecule has 0 saturated carbocycles. The highest BCUT2D eigenvalue weighted by molar-refractivity contribution is 7.26. The molecule has 46 heavy (non-hydrogen) atoms. The molecule has 0 bridgehead atoms. The third-order valence-electron chi connectivity index (χ3n) is 8.89. The van der Waals surface area contributed by atoms with Gasteiger partial charge < -0.3 is 13.7 Å². The lowest BCUT2D eigenvalue weighted by molar-refractivity contribution is 0.620. The van der Waals surface area contributed by atoms with Crippen LogP contribution in [0.3, 0.4) is 0 Å². The van der Waals surface area contributed by atoms with E-state index >= 15 is 0 Å². The Hall–Kier alpha value is -5.91. The second-order valence-corrected chi connectivity index (χ2v) is 12.6. The highest BCUT2D eigenvalue weighted by atomic mass is 32.1. The first-order chi connectivity index (χ1) is 22.8. The average molecular weight is 609 g/mol. The molecule has 0 atom stereocenters. The zero-order valence-corrected chi connectivity index (χ0v) is 25.3. The van der Waals surface area contributed by atoms with Crippen molar-refractivity contribution in [1.82, 2.24) is 4.98 Å². The van der Waals surface area contributed by atoms with Crippen LogP contribution in [-0.4, -0.2) is 4.98 Å². The maximum absolute atomic E-state index is 6.35. The summed E-state index contributed by atoms with van der Waals surface area (Å²) in [4.78, 5) is 7.18. The number of fused-ring (bicyclic) bond motifs is 8. The minimum Gasteiger partial charge on any atom is -0.456 e. The largest absolute Gasteiger partial charge is 0.456 e. The molecule has 0 N–H and O–H groups in total. The van der Waals surface area contributed by atoms with Crippen molar-refractivity contribution in [3.8, 4) is 11.5 Å². The monoisotopic (exact) mass is 608 g/mol. The molecule has 10 rings (SSSR count). The van der Waals surface area contributed by atoms with E-state index in [-0.39, 0.29) is 0 Å². The Morgan fingerprint density at radius 3 is 2.13 bits per heavy atom. The number of furan rings is 1. The van der Waals surface area contributed by atoms with Crippen LogP contribution in [0.4, 0.5) is 17.1 Å². The van der Waals surface area contributed by atoms with Gasteiger partial charge in [0.1, 0.15) is 16.7 Å². The number of benzene rings is 7. The quantitative estimate of drug-likeness (QED) is 0.199. The van der Waals surface area contributed by atoms with Crippen LogP contribution in [0.5, 0.6) is 0 Å². The SMILES string of the molecule is c1ccc2c(N(c3ccc4c(c3)oc3ccccc34)c3ccc4c(c3)sc3cccc(-c5nc6ccccc6o5)c34)cccc2c1. The molecule has 3 heterocycles. The van der Waals surface area contributed by atoms with Gasteiger partial charge >= 0.3 is 0 Å². The van der Waals surface area contributed by atoms with Gasteiger partial charge in [-0.15, -0.1) is 11.3 Å². The zero-order valence-electron chi connectivity index (χ0n) is 24.5. The third-order valence-corrected chi connectivity index (χ3v) is 10.0. The Kier molecular flexibility index (Phi) is 5.41. The van der Waals surface area contributed by atoms with Crippen molar-refractivity contribution in [2.45, 2.75) is 0 Å². The summed E-state index contributed by atoms with van der Waals surface area (Å²) >= 11 is 1.79. The van der Waals surface area contributed by atoms with Crippen molar-refractivity contribution in [1.29, 1.82) is 0 Å². The van der Waals surface area contributed by atoms with Gasteiger partial charge in [0.05, 0.1) is 5.69 Å². The summed E-state index contributed by atoms with van der Waals surface area (Å²) in [6.07, 6.45) is 0. The molecule has 7 aromatic carbocycles. The van der Waals surface area contributed by atoms with Gasteiger partial charge in [-0.05, 0) is 66.0 Å². The topological polar surface area (TPSA) is 42.4 Å². The molecule has 0 amide bonds. The van der Waals surface area contributed by atoms with E-state index in [1.807, 2.05) is 36.4 Å². The van der Waals surface area contributed by atoms with Gasteiger partial charge in [0, 0.05) is 59.3 Å². The summed E-state index contributed by atoms with van der Waals surface area (Å²) in [6.45, 7) is 0. The number of nitrogens with zero attached hydrogens (tertiary/aromatic N) is 2. The van der Waals surface area contributed by atoms with Crippen molar-refractivity contribution in [3.05, 3.63) is 146 Å². The Labute approximate surface area is 267 Å². The predicted octanol–water partition coefficient (Wildman–Crippen LogP) is 12.4. The molecule has 0 radical (unpaired) electrons. The number of rotatable bonds is 4. The van der Waals surface area contributed by atoms with Gasteiger partial charge in [0.25, 0.3) is 0 Å². The van der Waals surface area contributed by atoms with E-state index in [4.69, 9.17) is 13.8 Å². The van der Waals surface area contributed by atoms with Crippen LogP contribution in [0, 0.1) is 0 Å². The van der Waals surface area contributed by atoms with Crippen molar-refractivity contribution in [2.24, 2.45) is 0 Å². The summed E-state index contributed by atoms with van der Waals surface area (Å²) in [5, 5.41) is 6.98. The Bertz CT molecular complexity index is 2750. The Morgan fingerprint density at radius 1 is 0.500 bits per heavy atom. The van der Waals surface area contributed by atoms with Gasteiger partial charge in [0.2, 0.25) is 5.89 Å². The van der Waals surface area contributed by atoms with E-state index in [0.29, 0.717) is 5.89 Å². The summed E-state index contributed by atoms with van der Waals surface area (Å²) < 4.78 is 15.0. The molecule has 5 heteroatoms. The fraction of sp³-hybridized carbons (Fsp3) is 0. The molecular weight excluding hydrogens is 585 g/mol. The number of hydrogen-bond donors (Lipinski definition) is 0. The van der Waals surface area contributed by atoms with E-state index in [0.717, 1.165) is 55.7 Å². The van der Waals surface area contributed by atoms with E-state index < -0.39 is 0 Å². The maximum atomic E-state index is 6.35. The van der Waals surface area contributed by atoms with E-state index in [1.165, 1.54) is 30.9 Å². The van der Waals surface area contributed by atoms with Crippen LogP contribution >= 0.6 is 11.3 Å². The molecular formula is C41H24N2O2S. The molecule has 0 aliphatic heterocycles. The Balaban J connectivity index is 1.19. The average Bonchev–Trinajstić information content (AvgIpc) is 3.81. The summed E-state index contributed by atoms with van der Waals surface area (Å²) in [5.41, 5.74) is 7.66. The standard InChI is InChI=1S/C41H24N2O2S/c1-2-11-28-25(9-1)10-7-15-34(28)43(26-19-21-30-29-12-3-5-16-35(29)44-37(30)23-26)27-20-22-31-39(24-27)46-38-18-8-13-32(40(31)38)41-42-33-14-4-6-17-36(33)45-41/h1-24H. The minimum atomic E-state index is 0.645. The molecule has 0 spiro atoms. The molecule has 0 aliphatic carbocycles. The molecule has 10 aromatic rings. The van der Waals surface area contributed by atoms with Crippen molar-refractivity contribution in [3.63, 3.8) is 0 Å². The molecule has 0 unspecified atom stereocenters. The van der Waals surface area contributed by atoms with Crippen LogP contribution in [0.2, 0.25) is 0 Å². The fourth-order valence-corrected chi connectivity index (χ4v) is 7.97. The number of oxazole rings is 1. The normalized spacial score (nSPS) is 11.9. The summed E-state index contributed by atoms with van der Waals surface area (Å²) in [5.74, 6) is 0.645. The van der Waals surface area contributed by atoms with E-state index in [9.17, 15) is 0 Å². The first kappa shape index (κ1) is 25.4. The van der Waals surface area contributed by atoms with Crippen LogP contribution in [0.1, 0.15) is 0 Å². The number of hydrogen-bond acceptors (Lipinski definition) is 5. The molecule has 0 aliphatic rings. The summed E-state index contributed by atoms with van der Waals surface area (Å²) in [7, 11) is 0. The predicted molar refractivity (Wildman–Crippen MR) is 192 cm³/mol. The third kappa shape index (κ3) is 3.82. The molecule has 0 saturated heterocycles. The Morgan fingerprint density at radius 2 is 1.22 bits per heavy atom. The van der Waals surface area contributed by atoms with Crippen LogP contribution in [0.15, 0.2) is 154 Å². The van der Waals surface area contributed by atoms with Gasteiger partial charge in [0.15, 0.2) is 5.58 Å².